The van der Waals surface area contributed by atoms with Crippen LogP contribution in [0, 0.1) is 19.7 Å². The lowest BCUT2D eigenvalue weighted by molar-refractivity contribution is 0.171. The summed E-state index contributed by atoms with van der Waals surface area (Å²) in [5.41, 5.74) is 3.39. The van der Waals surface area contributed by atoms with Gasteiger partial charge in [-0.3, -0.25) is 0 Å². The summed E-state index contributed by atoms with van der Waals surface area (Å²) in [5.74, 6) is -0.239. The van der Waals surface area contributed by atoms with E-state index in [9.17, 15) is 14.3 Å². The largest absolute Gasteiger partial charge is 0.387 e. The van der Waals surface area contributed by atoms with E-state index in [1.807, 2.05) is 49.1 Å². The first-order valence-corrected chi connectivity index (χ1v) is 9.73. The van der Waals surface area contributed by atoms with Crippen LogP contribution in [-0.4, -0.2) is 36.8 Å². The summed E-state index contributed by atoms with van der Waals surface area (Å²) in [6.45, 7) is 5.34. The fourth-order valence-corrected chi connectivity index (χ4v) is 3.68. The van der Waals surface area contributed by atoms with Crippen LogP contribution in [0.4, 0.5) is 14.9 Å². The molecule has 2 atom stereocenters. The Morgan fingerprint density at radius 1 is 1.29 bits per heavy atom. The van der Waals surface area contributed by atoms with Crippen LogP contribution in [-0.2, 0) is 0 Å². The molecule has 0 aromatic heterocycles. The Morgan fingerprint density at radius 2 is 2.07 bits per heavy atom. The lowest BCUT2D eigenvalue weighted by Crippen LogP contribution is -2.51. The molecule has 0 aliphatic carbocycles. The van der Waals surface area contributed by atoms with Crippen molar-refractivity contribution in [3.05, 3.63) is 65.0 Å². The highest BCUT2D eigenvalue weighted by Gasteiger charge is 2.23. The highest BCUT2D eigenvalue weighted by Crippen LogP contribution is 2.24. The molecular formula is C22H28FN3O2. The van der Waals surface area contributed by atoms with Crippen molar-refractivity contribution >= 4 is 11.7 Å². The van der Waals surface area contributed by atoms with E-state index in [0.29, 0.717) is 12.2 Å². The normalized spacial score (nSPS) is 17.9. The van der Waals surface area contributed by atoms with Gasteiger partial charge in [-0.05, 0) is 55.5 Å². The van der Waals surface area contributed by atoms with Crippen molar-refractivity contribution in [1.29, 1.82) is 0 Å². The molecule has 0 radical (unpaired) electrons. The van der Waals surface area contributed by atoms with Crippen LogP contribution in [0.2, 0.25) is 0 Å². The zero-order valence-corrected chi connectivity index (χ0v) is 16.4. The Kier molecular flexibility index (Phi) is 6.52. The minimum Gasteiger partial charge on any atom is -0.387 e. The number of nitrogens with zero attached hydrogens (tertiary/aromatic N) is 1. The summed E-state index contributed by atoms with van der Waals surface area (Å²) < 4.78 is 14.2. The molecule has 1 aliphatic rings. The number of carbonyl (C=O) groups excluding carboxylic acids is 1. The molecule has 0 bridgehead atoms. The summed E-state index contributed by atoms with van der Waals surface area (Å²) in [4.78, 5) is 14.3. The quantitative estimate of drug-likeness (QED) is 0.739. The number of nitrogens with one attached hydrogen (secondary N) is 2. The molecule has 28 heavy (non-hydrogen) atoms. The molecule has 2 aromatic rings. The zero-order chi connectivity index (χ0) is 20.1. The summed E-state index contributed by atoms with van der Waals surface area (Å²) in [5, 5.41) is 16.0. The van der Waals surface area contributed by atoms with Crippen molar-refractivity contribution in [1.82, 2.24) is 10.6 Å². The molecule has 2 unspecified atom stereocenters. The van der Waals surface area contributed by atoms with Crippen molar-refractivity contribution < 1.29 is 14.3 Å². The minimum atomic E-state index is -0.754. The molecule has 1 fully saturated rings. The Morgan fingerprint density at radius 3 is 2.86 bits per heavy atom. The third-order valence-electron chi connectivity index (χ3n) is 5.20. The number of carbonyl (C=O) groups is 1. The zero-order valence-electron chi connectivity index (χ0n) is 16.4. The van der Waals surface area contributed by atoms with E-state index < -0.39 is 6.10 Å². The molecule has 6 heteroatoms. The average molecular weight is 385 g/mol. The van der Waals surface area contributed by atoms with Crippen molar-refractivity contribution in [3.63, 3.8) is 0 Å². The smallest absolute Gasteiger partial charge is 0.315 e. The van der Waals surface area contributed by atoms with Crippen LogP contribution in [0.15, 0.2) is 42.5 Å². The Bertz CT molecular complexity index is 827. The maximum atomic E-state index is 14.2. The number of aliphatic hydroxyl groups is 1. The molecule has 0 spiro atoms. The number of amides is 2. The van der Waals surface area contributed by atoms with Gasteiger partial charge in [-0.15, -0.1) is 0 Å². The first kappa shape index (κ1) is 20.1. The van der Waals surface area contributed by atoms with Gasteiger partial charge in [0.15, 0.2) is 0 Å². The highest BCUT2D eigenvalue weighted by molar-refractivity contribution is 5.74. The number of urea groups is 1. The number of anilines is 1. The van der Waals surface area contributed by atoms with E-state index in [1.165, 1.54) is 6.07 Å². The minimum absolute atomic E-state index is 0.0655. The van der Waals surface area contributed by atoms with E-state index in [4.69, 9.17) is 0 Å². The Hall–Kier alpha value is -2.60. The van der Waals surface area contributed by atoms with Gasteiger partial charge in [0.25, 0.3) is 0 Å². The van der Waals surface area contributed by atoms with Gasteiger partial charge >= 0.3 is 6.03 Å². The molecule has 1 heterocycles. The van der Waals surface area contributed by atoms with E-state index >= 15 is 0 Å². The molecule has 3 rings (SSSR count). The molecule has 0 saturated carbocycles. The number of hydrogen-bond acceptors (Lipinski definition) is 3. The molecule has 150 valence electrons. The second-order valence-electron chi connectivity index (χ2n) is 7.47. The number of halogens is 1. The van der Waals surface area contributed by atoms with Gasteiger partial charge in [-0.2, -0.15) is 0 Å². The van der Waals surface area contributed by atoms with Gasteiger partial charge < -0.3 is 20.6 Å². The fraction of sp³-hybridized carbons (Fsp3) is 0.409. The topological polar surface area (TPSA) is 64.6 Å². The summed E-state index contributed by atoms with van der Waals surface area (Å²) >= 11 is 0. The number of rotatable bonds is 5. The predicted molar refractivity (Wildman–Crippen MR) is 109 cm³/mol. The van der Waals surface area contributed by atoms with Crippen LogP contribution in [0.5, 0.6) is 0 Å². The average Bonchev–Trinajstić information content (AvgIpc) is 2.68. The van der Waals surface area contributed by atoms with Gasteiger partial charge in [0.05, 0.1) is 11.8 Å². The van der Waals surface area contributed by atoms with E-state index in [0.717, 1.165) is 36.1 Å². The monoisotopic (exact) mass is 385 g/mol. The Labute approximate surface area is 165 Å². The summed E-state index contributed by atoms with van der Waals surface area (Å²) in [6, 6.07) is 12.3. The molecule has 3 N–H and O–H groups in total. The lowest BCUT2D eigenvalue weighted by Gasteiger charge is -2.35. The van der Waals surface area contributed by atoms with E-state index in [-0.39, 0.29) is 24.4 Å². The van der Waals surface area contributed by atoms with Gasteiger partial charge in [0.1, 0.15) is 5.82 Å². The van der Waals surface area contributed by atoms with Crippen molar-refractivity contribution in [2.75, 3.05) is 24.5 Å². The number of hydrogen-bond donors (Lipinski definition) is 3. The number of piperidine rings is 1. The standard InChI is InChI=1S/C22H28FN3O2/c1-15-9-10-19(23)20(12-15)26-11-5-7-17(14-26)25-22(28)24-13-21(27)18-8-4-3-6-16(18)2/h3-4,6,8-10,12,17,21,27H,5,7,11,13-14H2,1-2H3,(H2,24,25,28). The fourth-order valence-electron chi connectivity index (χ4n) is 3.68. The van der Waals surface area contributed by atoms with Crippen LogP contribution in [0.3, 0.4) is 0 Å². The number of aliphatic hydroxyl groups excluding tert-OH is 1. The van der Waals surface area contributed by atoms with Crippen molar-refractivity contribution in [3.8, 4) is 0 Å². The first-order chi connectivity index (χ1) is 13.4. The highest BCUT2D eigenvalue weighted by atomic mass is 19.1. The van der Waals surface area contributed by atoms with Gasteiger partial charge in [-0.1, -0.05) is 30.3 Å². The van der Waals surface area contributed by atoms with Crippen molar-refractivity contribution in [2.24, 2.45) is 0 Å². The first-order valence-electron chi connectivity index (χ1n) is 9.73. The van der Waals surface area contributed by atoms with E-state index in [1.54, 1.807) is 6.07 Å². The van der Waals surface area contributed by atoms with Crippen LogP contribution >= 0.6 is 0 Å². The second-order valence-corrected chi connectivity index (χ2v) is 7.47. The molecule has 1 aliphatic heterocycles. The molecule has 5 nitrogen and oxygen atoms in total. The van der Waals surface area contributed by atoms with Gasteiger partial charge in [0, 0.05) is 25.7 Å². The van der Waals surface area contributed by atoms with Gasteiger partial charge in [-0.25, -0.2) is 9.18 Å². The molecular weight excluding hydrogens is 357 g/mol. The van der Waals surface area contributed by atoms with Crippen LogP contribution < -0.4 is 15.5 Å². The van der Waals surface area contributed by atoms with Gasteiger partial charge in [0.2, 0.25) is 0 Å². The third kappa shape index (κ3) is 5.01. The predicted octanol–water partition coefficient (Wildman–Crippen LogP) is 3.44. The summed E-state index contributed by atoms with van der Waals surface area (Å²) in [7, 11) is 0. The lowest BCUT2D eigenvalue weighted by atomic mass is 10.0. The van der Waals surface area contributed by atoms with Crippen LogP contribution in [0.25, 0.3) is 0 Å². The SMILES string of the molecule is Cc1ccc(F)c(N2CCCC(NC(=O)NCC(O)c3ccccc3C)C2)c1. The summed E-state index contributed by atoms with van der Waals surface area (Å²) in [6.07, 6.45) is 0.971. The maximum Gasteiger partial charge on any atom is 0.315 e. The van der Waals surface area contributed by atoms with Crippen molar-refractivity contribution in [2.45, 2.75) is 38.8 Å². The van der Waals surface area contributed by atoms with Crippen LogP contribution in [0.1, 0.15) is 35.6 Å². The second kappa shape index (κ2) is 9.06. The van der Waals surface area contributed by atoms with E-state index in [2.05, 4.69) is 10.6 Å². The number of benzene rings is 2. The Balaban J connectivity index is 1.52. The number of aryl methyl sites for hydroxylation is 2. The molecule has 2 amide bonds. The third-order valence-corrected chi connectivity index (χ3v) is 5.20. The molecule has 1 saturated heterocycles. The molecule has 2 aromatic carbocycles. The maximum absolute atomic E-state index is 14.2.